The molecule has 2 amide bonds. The van der Waals surface area contributed by atoms with Crippen LogP contribution in [-0.2, 0) is 38.2 Å². The second kappa shape index (κ2) is 37.8. The van der Waals surface area contributed by atoms with Crippen molar-refractivity contribution in [2.24, 2.45) is 28.6 Å². The van der Waals surface area contributed by atoms with Crippen molar-refractivity contribution in [2.75, 3.05) is 44.7 Å². The lowest BCUT2D eigenvalue weighted by molar-refractivity contribution is -0.398. The number of hydrogen-bond donors (Lipinski definition) is 7. The van der Waals surface area contributed by atoms with Crippen molar-refractivity contribution < 1.29 is 103 Å². The molecule has 0 rings (SSSR count). The fourth-order valence-electron chi connectivity index (χ4n) is 3.71. The molecule has 0 aliphatic rings. The standard InChI is InChI=1S/C12H15F9O3.C9H17ClO3.C9H19NO2.C8H15ClO3.C8H17NO2/c1-3-6(2)8(23)24-5-7(22)4-9(13,14)10(15,16)11(17,18)12(19,20)21;1-4-9(2,3)8(12)13-6-7(11)5-10;1-5-9(3,4)8(12)10-6-7(2)11;1-3-6(2)8(11)12-5-7(10)4-9;1-4-6(2)8(11)9-5-7(3)10/h6-7,22H,3-5H2,1-2H3;7,11H,4-6H2,1-3H3;7,11H,5-6H2,1-4H3,(H,10,12);6-7,10H,3-5H2,1-2H3;6-7,10H,4-5H2,1-3H3,(H,9,11). The Kier molecular flexibility index (Phi) is 40.9. The van der Waals surface area contributed by atoms with Gasteiger partial charge in [-0.05, 0) is 59.8 Å². The quantitative estimate of drug-likeness (QED) is 0.0188. The number of aliphatic hydroxyl groups is 5. The number of rotatable bonds is 26. The van der Waals surface area contributed by atoms with Gasteiger partial charge in [0.1, 0.15) is 32.0 Å². The second-order valence-corrected chi connectivity index (χ2v) is 18.9. The summed E-state index contributed by atoms with van der Waals surface area (Å²) in [6, 6.07) is 0. The van der Waals surface area contributed by atoms with E-state index in [1.807, 2.05) is 62.3 Å². The van der Waals surface area contributed by atoms with Crippen molar-refractivity contribution >= 4 is 52.9 Å². The molecule has 7 N–H and O–H groups in total. The van der Waals surface area contributed by atoms with Gasteiger partial charge in [-0.3, -0.25) is 24.0 Å². The molecule has 0 aromatic rings. The molecule has 0 radical (unpaired) electrons. The maximum Gasteiger partial charge on any atom is 0.460 e. The Morgan fingerprint density at radius 1 is 0.514 bits per heavy atom. The first kappa shape index (κ1) is 78.0. The number of amides is 2. The summed E-state index contributed by atoms with van der Waals surface area (Å²) >= 11 is 10.6. The maximum atomic E-state index is 13.2. The van der Waals surface area contributed by atoms with Gasteiger partial charge in [0.15, 0.2) is 0 Å². The van der Waals surface area contributed by atoms with Crippen LogP contribution in [0.2, 0.25) is 0 Å². The van der Waals surface area contributed by atoms with Gasteiger partial charge in [0.05, 0.1) is 47.3 Å². The molecule has 15 nitrogen and oxygen atoms in total. The molecule has 0 bridgehead atoms. The number of carbonyl (C=O) groups is 5. The largest absolute Gasteiger partial charge is 0.463 e. The van der Waals surface area contributed by atoms with E-state index in [0.29, 0.717) is 19.5 Å². The number of aliphatic hydroxyl groups excluding tert-OH is 5. The summed E-state index contributed by atoms with van der Waals surface area (Å²) in [6.45, 7) is 24.4. The Balaban J connectivity index is -0.000000271. The van der Waals surface area contributed by atoms with E-state index in [0.717, 1.165) is 19.3 Å². The van der Waals surface area contributed by atoms with Crippen LogP contribution in [0.4, 0.5) is 39.5 Å². The Morgan fingerprint density at radius 2 is 0.861 bits per heavy atom. The third-order valence-corrected chi connectivity index (χ3v) is 11.2. The Labute approximate surface area is 429 Å². The molecule has 0 aromatic heterocycles. The summed E-state index contributed by atoms with van der Waals surface area (Å²) in [6.07, 6.45) is -11.0. The molecule has 0 heterocycles. The number of hydrogen-bond acceptors (Lipinski definition) is 13. The van der Waals surface area contributed by atoms with Crippen LogP contribution in [0.15, 0.2) is 0 Å². The lowest BCUT2D eigenvalue weighted by Crippen LogP contribution is -2.61. The summed E-state index contributed by atoms with van der Waals surface area (Å²) < 4.78 is 127. The normalized spacial score (nSPS) is 15.4. The van der Waals surface area contributed by atoms with Crippen LogP contribution < -0.4 is 10.6 Å². The minimum absolute atomic E-state index is 0.00546. The molecule has 0 aliphatic heterocycles. The van der Waals surface area contributed by atoms with E-state index in [-0.39, 0.29) is 72.4 Å². The first-order chi connectivity index (χ1) is 32.5. The molecule has 0 saturated carbocycles. The molecule has 0 aliphatic carbocycles. The van der Waals surface area contributed by atoms with E-state index in [9.17, 15) is 63.5 Å². The zero-order valence-electron chi connectivity index (χ0n) is 44.0. The molecule has 0 saturated heterocycles. The molecule has 0 fully saturated rings. The van der Waals surface area contributed by atoms with Gasteiger partial charge >= 0.3 is 41.9 Å². The predicted octanol–water partition coefficient (Wildman–Crippen LogP) is 7.98. The van der Waals surface area contributed by atoms with Crippen LogP contribution in [-0.4, -0.2) is 154 Å². The smallest absolute Gasteiger partial charge is 0.460 e. The maximum absolute atomic E-state index is 13.2. The third-order valence-electron chi connectivity index (χ3n) is 10.5. The monoisotopic (exact) mass is 1110 g/mol. The van der Waals surface area contributed by atoms with Crippen LogP contribution in [0.5, 0.6) is 0 Å². The molecule has 8 atom stereocenters. The lowest BCUT2D eigenvalue weighted by atomic mass is 9.89. The molecule has 0 spiro atoms. The summed E-state index contributed by atoms with van der Waals surface area (Å²) in [5.74, 6) is -21.8. The Hall–Kier alpha value is -2.90. The fraction of sp³-hybridized carbons (Fsp3) is 0.891. The number of halogens is 11. The topological polar surface area (TPSA) is 238 Å². The molecule has 0 aromatic carbocycles. The van der Waals surface area contributed by atoms with Crippen molar-refractivity contribution in [1.82, 2.24) is 10.6 Å². The molecule has 72 heavy (non-hydrogen) atoms. The van der Waals surface area contributed by atoms with Gasteiger partial charge in [-0.2, -0.15) is 39.5 Å². The van der Waals surface area contributed by atoms with Crippen LogP contribution in [0.1, 0.15) is 135 Å². The second-order valence-electron chi connectivity index (χ2n) is 18.2. The van der Waals surface area contributed by atoms with Crippen LogP contribution in [0.3, 0.4) is 0 Å². The SMILES string of the molecule is CCC(C)(C)C(=O)NCC(C)O.CCC(C)(C)C(=O)OCC(O)CCl.CCC(C)C(=O)NCC(C)O.CCC(C)C(=O)OCC(O)CC(F)(F)C(F)(F)C(F)(F)C(F)(F)F.CCC(C)C(=O)OCC(O)CCl. The first-order valence-electron chi connectivity index (χ1n) is 23.3. The highest BCUT2D eigenvalue weighted by atomic mass is 35.5. The highest BCUT2D eigenvalue weighted by Crippen LogP contribution is 2.54. The number of nitrogens with one attached hydrogen (secondary N) is 2. The average Bonchev–Trinajstić information content (AvgIpc) is 3.31. The van der Waals surface area contributed by atoms with Gasteiger partial charge in [-0.1, -0.05) is 69.2 Å². The van der Waals surface area contributed by atoms with E-state index in [2.05, 4.69) is 15.4 Å². The molecular weight excluding hydrogens is 1030 g/mol. The number of esters is 3. The summed E-state index contributed by atoms with van der Waals surface area (Å²) in [5.41, 5.74) is -0.805. The third kappa shape index (κ3) is 33.1. The van der Waals surface area contributed by atoms with Crippen LogP contribution in [0, 0.1) is 28.6 Å². The average molecular weight is 1110 g/mol. The summed E-state index contributed by atoms with van der Waals surface area (Å²) in [7, 11) is 0. The fourth-order valence-corrected chi connectivity index (χ4v) is 3.89. The Bertz CT molecular complexity index is 1520. The lowest BCUT2D eigenvalue weighted by Gasteiger charge is -2.34. The first-order valence-corrected chi connectivity index (χ1v) is 24.4. The van der Waals surface area contributed by atoms with Crippen molar-refractivity contribution in [3.05, 3.63) is 0 Å². The summed E-state index contributed by atoms with van der Waals surface area (Å²) in [5, 5.41) is 50.2. The van der Waals surface area contributed by atoms with Crippen molar-refractivity contribution in [1.29, 1.82) is 0 Å². The van der Waals surface area contributed by atoms with E-state index in [4.69, 9.17) is 58.2 Å². The van der Waals surface area contributed by atoms with Gasteiger partial charge in [-0.15, -0.1) is 23.2 Å². The molecule has 26 heteroatoms. The van der Waals surface area contributed by atoms with E-state index >= 15 is 0 Å². The predicted molar refractivity (Wildman–Crippen MR) is 254 cm³/mol. The van der Waals surface area contributed by atoms with Gasteiger partial charge in [0, 0.05) is 30.8 Å². The van der Waals surface area contributed by atoms with E-state index in [1.54, 1.807) is 27.7 Å². The van der Waals surface area contributed by atoms with E-state index < -0.39 is 84.8 Å². The highest BCUT2D eigenvalue weighted by molar-refractivity contribution is 6.18. The van der Waals surface area contributed by atoms with Gasteiger partial charge < -0.3 is 50.4 Å². The van der Waals surface area contributed by atoms with Gasteiger partial charge in [-0.25, -0.2) is 0 Å². The highest BCUT2D eigenvalue weighted by Gasteiger charge is 2.81. The van der Waals surface area contributed by atoms with Gasteiger partial charge in [0.2, 0.25) is 11.8 Å². The zero-order chi connectivity index (χ0) is 58.2. The number of carbonyl (C=O) groups excluding carboxylic acids is 5. The molecule has 8 unspecified atom stereocenters. The molecule has 432 valence electrons. The van der Waals surface area contributed by atoms with Gasteiger partial charge in [0.25, 0.3) is 0 Å². The minimum Gasteiger partial charge on any atom is -0.463 e. The van der Waals surface area contributed by atoms with Crippen molar-refractivity contribution in [3.8, 4) is 0 Å². The minimum atomic E-state index is -7.02. The zero-order valence-corrected chi connectivity index (χ0v) is 45.5. The Morgan fingerprint density at radius 3 is 1.18 bits per heavy atom. The summed E-state index contributed by atoms with van der Waals surface area (Å²) in [4.78, 5) is 56.0. The number of ether oxygens (including phenoxy) is 3. The van der Waals surface area contributed by atoms with Crippen molar-refractivity contribution in [2.45, 2.75) is 190 Å². The van der Waals surface area contributed by atoms with Crippen LogP contribution >= 0.6 is 23.2 Å². The van der Waals surface area contributed by atoms with E-state index in [1.165, 1.54) is 6.92 Å². The van der Waals surface area contributed by atoms with Crippen LogP contribution in [0.25, 0.3) is 0 Å². The number of alkyl halides is 11. The van der Waals surface area contributed by atoms with Crippen molar-refractivity contribution in [3.63, 3.8) is 0 Å². The molecular formula is C46H83Cl2F9N2O13.